The lowest BCUT2D eigenvalue weighted by Crippen LogP contribution is -2.39. The topological polar surface area (TPSA) is 71.0 Å². The van der Waals surface area contributed by atoms with Gasteiger partial charge in [0, 0.05) is 6.20 Å². The van der Waals surface area contributed by atoms with Gasteiger partial charge < -0.3 is 9.84 Å². The number of pyridine rings is 1. The molecule has 0 spiro atoms. The molecule has 1 atom stereocenters. The zero-order chi connectivity index (χ0) is 18.8. The van der Waals surface area contributed by atoms with Crippen LogP contribution in [0.3, 0.4) is 0 Å². The van der Waals surface area contributed by atoms with Crippen LogP contribution in [0.15, 0.2) is 54.9 Å². The highest BCUT2D eigenvalue weighted by Gasteiger charge is 2.51. The van der Waals surface area contributed by atoms with Gasteiger partial charge in [0.2, 0.25) is 0 Å². The summed E-state index contributed by atoms with van der Waals surface area (Å²) in [4.78, 5) is 4.24. The van der Waals surface area contributed by atoms with Gasteiger partial charge in [0.15, 0.2) is 5.60 Å². The number of aromatic nitrogens is 3. The number of benzene rings is 1. The monoisotopic (exact) mass is 363 g/mol. The van der Waals surface area contributed by atoms with Crippen molar-refractivity contribution in [1.29, 1.82) is 0 Å². The number of aromatic amines is 1. The van der Waals surface area contributed by atoms with Gasteiger partial charge in [-0.3, -0.25) is 10.1 Å². The molecule has 1 unspecified atom stereocenters. The van der Waals surface area contributed by atoms with E-state index in [1.165, 1.54) is 24.4 Å². The highest BCUT2D eigenvalue weighted by atomic mass is 19.4. The Morgan fingerprint density at radius 3 is 2.58 bits per heavy atom. The van der Waals surface area contributed by atoms with Crippen molar-refractivity contribution in [2.75, 3.05) is 0 Å². The van der Waals surface area contributed by atoms with E-state index in [0.29, 0.717) is 17.0 Å². The normalized spacial score (nSPS) is 14.0. The molecule has 0 aliphatic rings. The van der Waals surface area contributed by atoms with E-state index in [1.807, 2.05) is 0 Å². The number of rotatable bonds is 5. The van der Waals surface area contributed by atoms with Crippen LogP contribution in [-0.4, -0.2) is 26.5 Å². The highest BCUT2D eigenvalue weighted by molar-refractivity contribution is 5.53. The SMILES string of the molecule is CC(O)(c1cccc(COc2ccc(-c3ccn[nH]3)nc2)c1)C(F)(F)F. The number of H-pyrrole nitrogens is 1. The molecule has 136 valence electrons. The van der Waals surface area contributed by atoms with E-state index >= 15 is 0 Å². The van der Waals surface area contributed by atoms with Crippen LogP contribution in [-0.2, 0) is 12.2 Å². The molecule has 2 heterocycles. The third-order valence-corrected chi connectivity index (χ3v) is 3.96. The first kappa shape index (κ1) is 17.9. The maximum atomic E-state index is 13.0. The van der Waals surface area contributed by atoms with E-state index in [-0.39, 0.29) is 12.2 Å². The van der Waals surface area contributed by atoms with E-state index < -0.39 is 11.8 Å². The van der Waals surface area contributed by atoms with Crippen molar-refractivity contribution in [3.05, 3.63) is 66.0 Å². The van der Waals surface area contributed by atoms with Gasteiger partial charge in [-0.15, -0.1) is 0 Å². The van der Waals surface area contributed by atoms with Crippen LogP contribution in [0.1, 0.15) is 18.1 Å². The van der Waals surface area contributed by atoms with Gasteiger partial charge in [-0.25, -0.2) is 0 Å². The van der Waals surface area contributed by atoms with Crippen molar-refractivity contribution in [3.63, 3.8) is 0 Å². The Hall–Kier alpha value is -2.87. The molecular formula is C18H16F3N3O2. The summed E-state index contributed by atoms with van der Waals surface area (Å²) >= 11 is 0. The van der Waals surface area contributed by atoms with Crippen LogP contribution >= 0.6 is 0 Å². The fourth-order valence-electron chi connectivity index (χ4n) is 2.32. The van der Waals surface area contributed by atoms with Crippen molar-refractivity contribution in [1.82, 2.24) is 15.2 Å². The standard InChI is InChI=1S/C18H16F3N3O2/c1-17(25,18(19,20)21)13-4-2-3-12(9-13)11-26-14-5-6-15(22-10-14)16-7-8-23-24-16/h2-10,25H,11H2,1H3,(H,23,24). The molecule has 0 saturated heterocycles. The molecule has 2 aromatic heterocycles. The minimum Gasteiger partial charge on any atom is -0.487 e. The lowest BCUT2D eigenvalue weighted by atomic mass is 9.94. The Bertz CT molecular complexity index is 860. The maximum Gasteiger partial charge on any atom is 0.421 e. The Kier molecular flexibility index (Phi) is 4.69. The first-order chi connectivity index (χ1) is 12.3. The smallest absolute Gasteiger partial charge is 0.421 e. The summed E-state index contributed by atoms with van der Waals surface area (Å²) in [6, 6.07) is 10.8. The fourth-order valence-corrected chi connectivity index (χ4v) is 2.32. The number of nitrogens with one attached hydrogen (secondary N) is 1. The highest BCUT2D eigenvalue weighted by Crippen LogP contribution is 2.38. The quantitative estimate of drug-likeness (QED) is 0.723. The van der Waals surface area contributed by atoms with Gasteiger partial charge in [0.1, 0.15) is 12.4 Å². The number of hydrogen-bond donors (Lipinski definition) is 2. The van der Waals surface area contributed by atoms with Gasteiger partial charge in [0.05, 0.1) is 17.6 Å². The molecule has 2 N–H and O–H groups in total. The first-order valence-electron chi connectivity index (χ1n) is 7.74. The van der Waals surface area contributed by atoms with E-state index in [1.54, 1.807) is 30.5 Å². The van der Waals surface area contributed by atoms with Gasteiger partial charge in [-0.2, -0.15) is 18.3 Å². The van der Waals surface area contributed by atoms with Crippen molar-refractivity contribution >= 4 is 0 Å². The summed E-state index contributed by atoms with van der Waals surface area (Å²) in [5.41, 5.74) is -1.20. The Morgan fingerprint density at radius 2 is 1.96 bits per heavy atom. The molecule has 0 fully saturated rings. The number of ether oxygens (including phenoxy) is 1. The van der Waals surface area contributed by atoms with Gasteiger partial charge in [-0.1, -0.05) is 18.2 Å². The molecular weight excluding hydrogens is 347 g/mol. The zero-order valence-corrected chi connectivity index (χ0v) is 13.8. The molecule has 3 rings (SSSR count). The summed E-state index contributed by atoms with van der Waals surface area (Å²) in [6.07, 6.45) is -1.63. The minimum absolute atomic E-state index is 0.0485. The van der Waals surface area contributed by atoms with Crippen molar-refractivity contribution in [3.8, 4) is 17.1 Å². The molecule has 8 heteroatoms. The van der Waals surface area contributed by atoms with E-state index in [0.717, 1.165) is 12.6 Å². The fraction of sp³-hybridized carbons (Fsp3) is 0.222. The number of hydrogen-bond acceptors (Lipinski definition) is 4. The Balaban J connectivity index is 1.69. The summed E-state index contributed by atoms with van der Waals surface area (Å²) in [5, 5.41) is 16.4. The third-order valence-electron chi connectivity index (χ3n) is 3.96. The van der Waals surface area contributed by atoms with E-state index in [4.69, 9.17) is 4.74 Å². The second kappa shape index (κ2) is 6.80. The molecule has 0 aliphatic carbocycles. The summed E-state index contributed by atoms with van der Waals surface area (Å²) < 4.78 is 44.4. The molecule has 0 amide bonds. The van der Waals surface area contributed by atoms with Crippen LogP contribution in [0, 0.1) is 0 Å². The molecule has 0 bridgehead atoms. The number of halogens is 3. The van der Waals surface area contributed by atoms with Crippen LogP contribution in [0.2, 0.25) is 0 Å². The Morgan fingerprint density at radius 1 is 1.15 bits per heavy atom. The summed E-state index contributed by atoms with van der Waals surface area (Å²) in [6.45, 7) is 0.776. The summed E-state index contributed by atoms with van der Waals surface area (Å²) in [5.74, 6) is 0.473. The zero-order valence-electron chi connectivity index (χ0n) is 13.8. The summed E-state index contributed by atoms with van der Waals surface area (Å²) in [7, 11) is 0. The van der Waals surface area contributed by atoms with Gasteiger partial charge >= 0.3 is 6.18 Å². The molecule has 0 aliphatic heterocycles. The van der Waals surface area contributed by atoms with Crippen LogP contribution in [0.4, 0.5) is 13.2 Å². The van der Waals surface area contributed by atoms with E-state index in [2.05, 4.69) is 15.2 Å². The van der Waals surface area contributed by atoms with Crippen LogP contribution in [0.25, 0.3) is 11.4 Å². The first-order valence-corrected chi connectivity index (χ1v) is 7.74. The largest absolute Gasteiger partial charge is 0.487 e. The van der Waals surface area contributed by atoms with Crippen molar-refractivity contribution in [2.45, 2.75) is 25.3 Å². The lowest BCUT2D eigenvalue weighted by molar-refractivity contribution is -0.258. The predicted molar refractivity (Wildman–Crippen MR) is 88.2 cm³/mol. The molecule has 1 aromatic carbocycles. The van der Waals surface area contributed by atoms with Crippen molar-refractivity contribution in [2.24, 2.45) is 0 Å². The average molecular weight is 363 g/mol. The molecule has 3 aromatic rings. The van der Waals surface area contributed by atoms with Crippen LogP contribution < -0.4 is 4.74 Å². The molecule has 0 radical (unpaired) electrons. The van der Waals surface area contributed by atoms with Crippen LogP contribution in [0.5, 0.6) is 5.75 Å². The number of alkyl halides is 3. The molecule has 26 heavy (non-hydrogen) atoms. The average Bonchev–Trinajstić information content (AvgIpc) is 3.14. The second-order valence-corrected chi connectivity index (χ2v) is 5.91. The number of nitrogens with zero attached hydrogens (tertiary/aromatic N) is 2. The third kappa shape index (κ3) is 3.70. The number of aliphatic hydroxyl groups is 1. The second-order valence-electron chi connectivity index (χ2n) is 5.91. The maximum absolute atomic E-state index is 13.0. The minimum atomic E-state index is -4.76. The molecule has 0 saturated carbocycles. The molecule has 5 nitrogen and oxygen atoms in total. The van der Waals surface area contributed by atoms with Gasteiger partial charge in [-0.05, 0) is 42.3 Å². The van der Waals surface area contributed by atoms with E-state index in [9.17, 15) is 18.3 Å². The predicted octanol–water partition coefficient (Wildman–Crippen LogP) is 3.82. The van der Waals surface area contributed by atoms with Crippen molar-refractivity contribution < 1.29 is 23.0 Å². The Labute approximate surface area is 147 Å². The lowest BCUT2D eigenvalue weighted by Gasteiger charge is -2.27. The van der Waals surface area contributed by atoms with Gasteiger partial charge in [0.25, 0.3) is 0 Å².